The van der Waals surface area contributed by atoms with Crippen LogP contribution in [0, 0.1) is 11.8 Å². The minimum Gasteiger partial charge on any atom is -0.469 e. The molecule has 1 aliphatic carbocycles. The molecule has 0 aromatic carbocycles. The molecule has 0 amide bonds. The molecule has 0 N–H and O–H groups in total. The fourth-order valence-electron chi connectivity index (χ4n) is 2.39. The average Bonchev–Trinajstić information content (AvgIpc) is 2.82. The van der Waals surface area contributed by atoms with Gasteiger partial charge in [0.15, 0.2) is 0 Å². The second-order valence-electron chi connectivity index (χ2n) is 4.21. The van der Waals surface area contributed by atoms with E-state index in [2.05, 4.69) is 15.5 Å². The first kappa shape index (κ1) is 11.0. The number of hydrogen-bond donors (Lipinski definition) is 0. The van der Waals surface area contributed by atoms with E-state index >= 15 is 0 Å². The summed E-state index contributed by atoms with van der Waals surface area (Å²) in [7, 11) is 1.45. The molecular weight excluding hydrogens is 208 g/mol. The van der Waals surface area contributed by atoms with Gasteiger partial charge in [-0.15, -0.1) is 5.10 Å². The first-order chi connectivity index (χ1) is 7.81. The van der Waals surface area contributed by atoms with Crippen LogP contribution in [0.4, 0.5) is 0 Å². The Morgan fingerprint density at radius 1 is 1.50 bits per heavy atom. The summed E-state index contributed by atoms with van der Waals surface area (Å²) in [4.78, 5) is 11.6. The zero-order valence-electron chi connectivity index (χ0n) is 9.37. The number of nitrogens with zero attached hydrogens (tertiary/aromatic N) is 4. The molecule has 0 spiro atoms. The van der Waals surface area contributed by atoms with Crippen molar-refractivity contribution in [1.29, 1.82) is 0 Å². The van der Waals surface area contributed by atoms with E-state index in [9.17, 15) is 4.79 Å². The standard InChI is InChI=1S/C10H16N4O2/c1-16-10(15)9-5-3-2-4-8(9)6-14-7-11-12-13-14/h7-9H,2-6H2,1H3. The molecule has 2 unspecified atom stereocenters. The molecule has 6 nitrogen and oxygen atoms in total. The van der Waals surface area contributed by atoms with Crippen molar-refractivity contribution < 1.29 is 9.53 Å². The fourth-order valence-corrected chi connectivity index (χ4v) is 2.39. The summed E-state index contributed by atoms with van der Waals surface area (Å²) in [6.07, 6.45) is 5.81. The maximum absolute atomic E-state index is 11.6. The quantitative estimate of drug-likeness (QED) is 0.705. The Hall–Kier alpha value is -1.46. The van der Waals surface area contributed by atoms with Crippen LogP contribution >= 0.6 is 0 Å². The lowest BCUT2D eigenvalue weighted by atomic mass is 9.79. The van der Waals surface area contributed by atoms with E-state index in [1.807, 2.05) is 0 Å². The van der Waals surface area contributed by atoms with Crippen LogP contribution in [-0.4, -0.2) is 33.3 Å². The van der Waals surface area contributed by atoms with Crippen LogP contribution in [0.25, 0.3) is 0 Å². The van der Waals surface area contributed by atoms with Gasteiger partial charge in [-0.2, -0.15) is 0 Å². The van der Waals surface area contributed by atoms with Gasteiger partial charge in [0.05, 0.1) is 13.0 Å². The van der Waals surface area contributed by atoms with Gasteiger partial charge in [-0.05, 0) is 29.2 Å². The minimum absolute atomic E-state index is 0.00273. The van der Waals surface area contributed by atoms with Gasteiger partial charge in [0.25, 0.3) is 0 Å². The first-order valence-electron chi connectivity index (χ1n) is 5.60. The Morgan fingerprint density at radius 3 is 3.00 bits per heavy atom. The summed E-state index contributed by atoms with van der Waals surface area (Å²) in [6, 6.07) is 0. The lowest BCUT2D eigenvalue weighted by molar-refractivity contribution is -0.149. The number of rotatable bonds is 3. The van der Waals surface area contributed by atoms with Crippen molar-refractivity contribution in [3.05, 3.63) is 6.33 Å². The Bertz CT molecular complexity index is 339. The normalized spacial score (nSPS) is 25.3. The van der Waals surface area contributed by atoms with Gasteiger partial charge >= 0.3 is 5.97 Å². The maximum atomic E-state index is 11.6. The molecule has 0 saturated heterocycles. The molecule has 16 heavy (non-hydrogen) atoms. The zero-order valence-corrected chi connectivity index (χ0v) is 9.37. The van der Waals surface area contributed by atoms with Gasteiger partial charge in [0, 0.05) is 6.54 Å². The van der Waals surface area contributed by atoms with Crippen LogP contribution in [-0.2, 0) is 16.1 Å². The van der Waals surface area contributed by atoms with Crippen molar-refractivity contribution in [3.8, 4) is 0 Å². The number of carbonyl (C=O) groups is 1. The third kappa shape index (κ3) is 2.37. The molecule has 6 heteroatoms. The van der Waals surface area contributed by atoms with Gasteiger partial charge in [-0.1, -0.05) is 12.8 Å². The van der Waals surface area contributed by atoms with Crippen LogP contribution in [0.15, 0.2) is 6.33 Å². The molecule has 1 saturated carbocycles. The lowest BCUT2D eigenvalue weighted by Crippen LogP contribution is -2.31. The highest BCUT2D eigenvalue weighted by Crippen LogP contribution is 2.31. The Morgan fingerprint density at radius 2 is 2.31 bits per heavy atom. The van der Waals surface area contributed by atoms with Crippen molar-refractivity contribution in [2.24, 2.45) is 11.8 Å². The number of aromatic nitrogens is 4. The molecule has 1 aromatic heterocycles. The van der Waals surface area contributed by atoms with Crippen molar-refractivity contribution >= 4 is 5.97 Å². The largest absolute Gasteiger partial charge is 0.469 e. The summed E-state index contributed by atoms with van der Waals surface area (Å²) in [5, 5.41) is 11.0. The summed E-state index contributed by atoms with van der Waals surface area (Å²) in [5.41, 5.74) is 0. The average molecular weight is 224 g/mol. The molecule has 1 aliphatic rings. The summed E-state index contributed by atoms with van der Waals surface area (Å²) < 4.78 is 6.53. The molecule has 1 heterocycles. The molecule has 0 bridgehead atoms. The molecule has 2 atom stereocenters. The number of esters is 1. The first-order valence-corrected chi connectivity index (χ1v) is 5.60. The molecule has 0 radical (unpaired) electrons. The van der Waals surface area contributed by atoms with E-state index in [1.54, 1.807) is 11.0 Å². The van der Waals surface area contributed by atoms with Crippen molar-refractivity contribution in [2.45, 2.75) is 32.2 Å². The van der Waals surface area contributed by atoms with Crippen LogP contribution in [0.5, 0.6) is 0 Å². The topological polar surface area (TPSA) is 69.9 Å². The van der Waals surface area contributed by atoms with E-state index in [1.165, 1.54) is 13.5 Å². The highest BCUT2D eigenvalue weighted by molar-refractivity contribution is 5.72. The van der Waals surface area contributed by atoms with E-state index in [0.717, 1.165) is 19.3 Å². The second kappa shape index (κ2) is 5.05. The molecule has 0 aliphatic heterocycles. The van der Waals surface area contributed by atoms with Crippen LogP contribution in [0.1, 0.15) is 25.7 Å². The molecule has 1 fully saturated rings. The van der Waals surface area contributed by atoms with Crippen LogP contribution in [0.3, 0.4) is 0 Å². The second-order valence-corrected chi connectivity index (χ2v) is 4.21. The SMILES string of the molecule is COC(=O)C1CCCCC1Cn1cnnn1. The predicted molar refractivity (Wildman–Crippen MR) is 55.3 cm³/mol. The Balaban J connectivity index is 2.02. The summed E-state index contributed by atoms with van der Waals surface area (Å²) >= 11 is 0. The number of hydrogen-bond acceptors (Lipinski definition) is 5. The number of ether oxygens (including phenoxy) is 1. The summed E-state index contributed by atoms with van der Waals surface area (Å²) in [6.45, 7) is 0.701. The van der Waals surface area contributed by atoms with Gasteiger partial charge < -0.3 is 4.74 Å². The molecule has 88 valence electrons. The third-order valence-electron chi connectivity index (χ3n) is 3.23. The minimum atomic E-state index is -0.0993. The molecule has 1 aromatic rings. The van der Waals surface area contributed by atoms with E-state index < -0.39 is 0 Å². The van der Waals surface area contributed by atoms with E-state index in [0.29, 0.717) is 12.5 Å². The van der Waals surface area contributed by atoms with E-state index in [-0.39, 0.29) is 11.9 Å². The highest BCUT2D eigenvalue weighted by Gasteiger charge is 2.32. The smallest absolute Gasteiger partial charge is 0.309 e. The van der Waals surface area contributed by atoms with Crippen LogP contribution < -0.4 is 0 Å². The van der Waals surface area contributed by atoms with Crippen LogP contribution in [0.2, 0.25) is 0 Å². The summed E-state index contributed by atoms with van der Waals surface area (Å²) in [5.74, 6) is 0.199. The highest BCUT2D eigenvalue weighted by atomic mass is 16.5. The predicted octanol–water partition coefficient (Wildman–Crippen LogP) is 0.652. The third-order valence-corrected chi connectivity index (χ3v) is 3.23. The molecule has 2 rings (SSSR count). The number of carbonyl (C=O) groups excluding carboxylic acids is 1. The van der Waals surface area contributed by atoms with E-state index in [4.69, 9.17) is 4.74 Å². The monoisotopic (exact) mass is 224 g/mol. The van der Waals surface area contributed by atoms with Gasteiger partial charge in [0.1, 0.15) is 6.33 Å². The Labute approximate surface area is 94.0 Å². The van der Waals surface area contributed by atoms with Crippen molar-refractivity contribution in [3.63, 3.8) is 0 Å². The maximum Gasteiger partial charge on any atom is 0.309 e. The molecular formula is C10H16N4O2. The van der Waals surface area contributed by atoms with Crippen molar-refractivity contribution in [1.82, 2.24) is 20.2 Å². The van der Waals surface area contributed by atoms with Gasteiger partial charge in [0.2, 0.25) is 0 Å². The Kier molecular flexibility index (Phi) is 3.48. The van der Waals surface area contributed by atoms with Crippen molar-refractivity contribution in [2.75, 3.05) is 7.11 Å². The zero-order chi connectivity index (χ0) is 11.4. The van der Waals surface area contributed by atoms with Gasteiger partial charge in [-0.25, -0.2) is 4.68 Å². The number of methoxy groups -OCH3 is 1. The fraction of sp³-hybridized carbons (Fsp3) is 0.800. The lowest BCUT2D eigenvalue weighted by Gasteiger charge is -2.28. The number of tetrazole rings is 1. The van der Waals surface area contributed by atoms with Gasteiger partial charge in [-0.3, -0.25) is 4.79 Å².